The van der Waals surface area contributed by atoms with Crippen LogP contribution in [0.2, 0.25) is 0 Å². The zero-order valence-electron chi connectivity index (χ0n) is 17.8. The number of aromatic nitrogens is 1. The summed E-state index contributed by atoms with van der Waals surface area (Å²) >= 11 is 1.33. The molecule has 3 aromatic rings. The molecule has 0 radical (unpaired) electrons. The smallest absolute Gasteiger partial charge is 0.416 e. The summed E-state index contributed by atoms with van der Waals surface area (Å²) < 4.78 is 45.8. The van der Waals surface area contributed by atoms with Crippen molar-refractivity contribution in [3.63, 3.8) is 0 Å². The average molecular weight is 452 g/mol. The number of methoxy groups -OCH3 is 1. The van der Waals surface area contributed by atoms with Crippen molar-refractivity contribution < 1.29 is 22.7 Å². The second-order valence-electron chi connectivity index (χ2n) is 7.45. The summed E-state index contributed by atoms with van der Waals surface area (Å²) in [7, 11) is 5.39. The van der Waals surface area contributed by atoms with Crippen LogP contribution in [0, 0.1) is 6.92 Å². The van der Waals surface area contributed by atoms with Crippen molar-refractivity contribution in [2.75, 3.05) is 39.2 Å². The van der Waals surface area contributed by atoms with Crippen LogP contribution < -0.4 is 9.64 Å². The van der Waals surface area contributed by atoms with Gasteiger partial charge in [0, 0.05) is 12.1 Å². The van der Waals surface area contributed by atoms with Gasteiger partial charge in [-0.3, -0.25) is 9.69 Å². The number of halogens is 3. The number of ether oxygens (including phenoxy) is 1. The molecular weight excluding hydrogens is 427 g/mol. The minimum Gasteiger partial charge on any atom is -0.494 e. The summed E-state index contributed by atoms with van der Waals surface area (Å²) in [6, 6.07) is 8.22. The molecule has 9 heteroatoms. The van der Waals surface area contributed by atoms with E-state index >= 15 is 0 Å². The van der Waals surface area contributed by atoms with Gasteiger partial charge in [-0.15, -0.1) is 0 Å². The molecule has 0 bridgehead atoms. The van der Waals surface area contributed by atoms with Crippen molar-refractivity contribution in [3.05, 3.63) is 53.1 Å². The zero-order chi connectivity index (χ0) is 22.8. The molecule has 0 aliphatic carbocycles. The molecule has 1 amide bonds. The number of amides is 1. The minimum atomic E-state index is -4.52. The van der Waals surface area contributed by atoms with E-state index < -0.39 is 17.6 Å². The number of thiazole rings is 1. The number of fused-ring (bicyclic) bond motifs is 1. The normalized spacial score (nSPS) is 11.9. The van der Waals surface area contributed by atoms with E-state index in [0.29, 0.717) is 29.4 Å². The molecule has 0 aliphatic heterocycles. The van der Waals surface area contributed by atoms with Crippen LogP contribution in [0.25, 0.3) is 10.2 Å². The standard InChI is InChI=1S/C22H24F3N3O2S/c1-14-9-10-17(30-4)18-19(14)31-21(26-18)28(12-6-11-27(2)3)20(29)15-7-5-8-16(13-15)22(23,24)25/h5,7-10,13H,6,11-12H2,1-4H3. The van der Waals surface area contributed by atoms with E-state index in [-0.39, 0.29) is 5.56 Å². The molecule has 1 aromatic heterocycles. The van der Waals surface area contributed by atoms with E-state index in [1.54, 1.807) is 7.11 Å². The highest BCUT2D eigenvalue weighted by Crippen LogP contribution is 2.37. The van der Waals surface area contributed by atoms with Crippen molar-refractivity contribution >= 4 is 32.6 Å². The first kappa shape index (κ1) is 23.0. The van der Waals surface area contributed by atoms with Crippen molar-refractivity contribution in [1.29, 1.82) is 0 Å². The SMILES string of the molecule is COc1ccc(C)c2sc(N(CCCN(C)C)C(=O)c3cccc(C(F)(F)F)c3)nc12. The Morgan fingerprint density at radius 2 is 1.90 bits per heavy atom. The van der Waals surface area contributed by atoms with Gasteiger partial charge in [0.1, 0.15) is 11.3 Å². The number of carbonyl (C=O) groups is 1. The van der Waals surface area contributed by atoms with E-state index in [4.69, 9.17) is 4.74 Å². The third kappa shape index (κ3) is 5.16. The fourth-order valence-corrected chi connectivity index (χ4v) is 4.27. The number of benzene rings is 2. The van der Waals surface area contributed by atoms with Crippen LogP contribution in [0.15, 0.2) is 36.4 Å². The zero-order valence-corrected chi connectivity index (χ0v) is 18.6. The highest BCUT2D eigenvalue weighted by molar-refractivity contribution is 7.22. The van der Waals surface area contributed by atoms with Crippen molar-refractivity contribution in [3.8, 4) is 5.75 Å². The lowest BCUT2D eigenvalue weighted by molar-refractivity contribution is -0.137. The third-order valence-electron chi connectivity index (χ3n) is 4.81. The van der Waals surface area contributed by atoms with Gasteiger partial charge in [0.15, 0.2) is 5.13 Å². The number of aryl methyl sites for hydroxylation is 1. The van der Waals surface area contributed by atoms with Crippen molar-refractivity contribution in [1.82, 2.24) is 9.88 Å². The Balaban J connectivity index is 2.04. The van der Waals surface area contributed by atoms with Gasteiger partial charge in [-0.25, -0.2) is 4.98 Å². The van der Waals surface area contributed by atoms with Gasteiger partial charge in [-0.05, 0) is 63.8 Å². The first-order chi connectivity index (χ1) is 14.6. The topological polar surface area (TPSA) is 45.7 Å². The number of hydrogen-bond donors (Lipinski definition) is 0. The maximum absolute atomic E-state index is 13.3. The van der Waals surface area contributed by atoms with E-state index in [9.17, 15) is 18.0 Å². The quantitative estimate of drug-likeness (QED) is 0.494. The summed E-state index contributed by atoms with van der Waals surface area (Å²) in [5.41, 5.74) is 0.743. The van der Waals surface area contributed by atoms with Crippen LogP contribution in [0.3, 0.4) is 0 Å². The van der Waals surface area contributed by atoms with Gasteiger partial charge in [0.05, 0.1) is 17.4 Å². The summed E-state index contributed by atoms with van der Waals surface area (Å²) in [6.45, 7) is 2.99. The Bertz CT molecular complexity index is 1080. The molecule has 0 aliphatic rings. The molecule has 0 unspecified atom stereocenters. The maximum Gasteiger partial charge on any atom is 0.416 e. The molecule has 0 saturated heterocycles. The number of hydrogen-bond acceptors (Lipinski definition) is 5. The van der Waals surface area contributed by atoms with Gasteiger partial charge in [0.2, 0.25) is 0 Å². The Hall–Kier alpha value is -2.65. The Kier molecular flexibility index (Phi) is 6.86. The predicted octanol–water partition coefficient (Wildman–Crippen LogP) is 5.23. The van der Waals surface area contributed by atoms with E-state index in [1.807, 2.05) is 38.1 Å². The number of rotatable bonds is 7. The molecule has 0 fully saturated rings. The van der Waals surface area contributed by atoms with Crippen molar-refractivity contribution in [2.45, 2.75) is 19.5 Å². The summed E-state index contributed by atoms with van der Waals surface area (Å²) in [5, 5.41) is 0.434. The number of alkyl halides is 3. The Morgan fingerprint density at radius 1 is 1.16 bits per heavy atom. The minimum absolute atomic E-state index is 0.0254. The molecule has 1 heterocycles. The number of anilines is 1. The fourth-order valence-electron chi connectivity index (χ4n) is 3.19. The lowest BCUT2D eigenvalue weighted by Crippen LogP contribution is -2.33. The Morgan fingerprint density at radius 3 is 2.55 bits per heavy atom. The molecule has 5 nitrogen and oxygen atoms in total. The van der Waals surface area contributed by atoms with E-state index in [2.05, 4.69) is 4.98 Å². The highest BCUT2D eigenvalue weighted by Gasteiger charge is 2.32. The monoisotopic (exact) mass is 451 g/mol. The van der Waals surface area contributed by atoms with Crippen LogP contribution in [0.4, 0.5) is 18.3 Å². The van der Waals surface area contributed by atoms with Gasteiger partial charge >= 0.3 is 6.18 Å². The molecule has 3 rings (SSSR count). The van der Waals surface area contributed by atoms with Gasteiger partial charge in [-0.2, -0.15) is 13.2 Å². The summed E-state index contributed by atoms with van der Waals surface area (Å²) in [6.07, 6.45) is -3.88. The molecule has 0 atom stereocenters. The first-order valence-electron chi connectivity index (χ1n) is 9.70. The maximum atomic E-state index is 13.3. The number of nitrogens with zero attached hydrogens (tertiary/aromatic N) is 3. The van der Waals surface area contributed by atoms with E-state index in [1.165, 1.54) is 28.4 Å². The fraction of sp³-hybridized carbons (Fsp3) is 0.364. The van der Waals surface area contributed by atoms with Gasteiger partial charge in [0.25, 0.3) is 5.91 Å². The molecule has 0 saturated carbocycles. The second kappa shape index (κ2) is 9.23. The van der Waals surface area contributed by atoms with Crippen LogP contribution in [0.1, 0.15) is 27.9 Å². The second-order valence-corrected chi connectivity index (χ2v) is 8.43. The van der Waals surface area contributed by atoms with Crippen LogP contribution in [-0.2, 0) is 6.18 Å². The highest BCUT2D eigenvalue weighted by atomic mass is 32.1. The Labute approximate surface area is 183 Å². The van der Waals surface area contributed by atoms with Crippen LogP contribution in [0.5, 0.6) is 5.75 Å². The van der Waals surface area contributed by atoms with Gasteiger partial charge < -0.3 is 9.64 Å². The van der Waals surface area contributed by atoms with Crippen LogP contribution >= 0.6 is 11.3 Å². The lowest BCUT2D eigenvalue weighted by Gasteiger charge is -2.21. The molecule has 0 N–H and O–H groups in total. The summed E-state index contributed by atoms with van der Waals surface area (Å²) in [5.74, 6) is 0.0726. The molecule has 31 heavy (non-hydrogen) atoms. The van der Waals surface area contributed by atoms with Gasteiger partial charge in [-0.1, -0.05) is 23.5 Å². The van der Waals surface area contributed by atoms with Crippen LogP contribution in [-0.4, -0.2) is 50.1 Å². The lowest BCUT2D eigenvalue weighted by atomic mass is 10.1. The van der Waals surface area contributed by atoms with Crippen molar-refractivity contribution in [2.24, 2.45) is 0 Å². The predicted molar refractivity (Wildman–Crippen MR) is 117 cm³/mol. The molecule has 166 valence electrons. The first-order valence-corrected chi connectivity index (χ1v) is 10.5. The molecule has 0 spiro atoms. The third-order valence-corrected chi connectivity index (χ3v) is 6.03. The van der Waals surface area contributed by atoms with E-state index in [0.717, 1.165) is 28.9 Å². The molecule has 2 aromatic carbocycles. The molecular formula is C22H24F3N3O2S. The summed E-state index contributed by atoms with van der Waals surface area (Å²) in [4.78, 5) is 21.4. The number of carbonyl (C=O) groups excluding carboxylic acids is 1. The largest absolute Gasteiger partial charge is 0.494 e. The average Bonchev–Trinajstić information content (AvgIpc) is 3.16.